The van der Waals surface area contributed by atoms with Gasteiger partial charge in [-0.05, 0) is 35.1 Å². The molecule has 1 amide bonds. The standard InChI is InChI=1S/C6H8INO2/c1-3-4(7)6(10)8(2)5(3)9/h5,9H,1-2H3. The highest BCUT2D eigenvalue weighted by molar-refractivity contribution is 14.1. The number of rotatable bonds is 0. The Balaban J connectivity index is 2.99. The number of carbonyl (C=O) groups is 1. The molecule has 1 unspecified atom stereocenters. The van der Waals surface area contributed by atoms with Crippen LogP contribution in [0.2, 0.25) is 0 Å². The Hall–Kier alpha value is -0.100. The first-order chi connectivity index (χ1) is 4.55. The van der Waals surface area contributed by atoms with E-state index in [-0.39, 0.29) is 5.91 Å². The van der Waals surface area contributed by atoms with Crippen LogP contribution in [0.1, 0.15) is 6.92 Å². The molecule has 0 aromatic carbocycles. The van der Waals surface area contributed by atoms with E-state index < -0.39 is 6.23 Å². The third-order valence-electron chi connectivity index (χ3n) is 1.61. The average Bonchev–Trinajstić information content (AvgIpc) is 2.07. The third kappa shape index (κ3) is 0.950. The molecule has 10 heavy (non-hydrogen) atoms. The van der Waals surface area contributed by atoms with Crippen molar-refractivity contribution in [3.63, 3.8) is 0 Å². The number of hydrogen-bond donors (Lipinski definition) is 1. The zero-order valence-electron chi connectivity index (χ0n) is 5.76. The Morgan fingerprint density at radius 1 is 1.70 bits per heavy atom. The second kappa shape index (κ2) is 2.50. The van der Waals surface area contributed by atoms with E-state index in [0.717, 1.165) is 5.57 Å². The predicted molar refractivity (Wildman–Crippen MR) is 45.5 cm³/mol. The van der Waals surface area contributed by atoms with Gasteiger partial charge in [0.05, 0.1) is 3.58 Å². The van der Waals surface area contributed by atoms with E-state index in [1.165, 1.54) is 4.90 Å². The summed E-state index contributed by atoms with van der Waals surface area (Å²) in [7, 11) is 1.59. The molecule has 0 fully saturated rings. The number of aliphatic hydroxyl groups is 1. The minimum Gasteiger partial charge on any atom is -0.369 e. The van der Waals surface area contributed by atoms with Crippen molar-refractivity contribution in [2.75, 3.05) is 7.05 Å². The summed E-state index contributed by atoms with van der Waals surface area (Å²) < 4.78 is 0.632. The molecule has 0 aliphatic carbocycles. The molecule has 4 heteroatoms. The quantitative estimate of drug-likeness (QED) is 0.638. The van der Waals surface area contributed by atoms with Gasteiger partial charge in [0.15, 0.2) is 6.23 Å². The van der Waals surface area contributed by atoms with E-state index in [1.54, 1.807) is 14.0 Å². The molecule has 0 radical (unpaired) electrons. The van der Waals surface area contributed by atoms with Crippen LogP contribution in [0.3, 0.4) is 0 Å². The van der Waals surface area contributed by atoms with E-state index in [1.807, 2.05) is 22.6 Å². The summed E-state index contributed by atoms with van der Waals surface area (Å²) in [4.78, 5) is 12.3. The maximum absolute atomic E-state index is 11.0. The topological polar surface area (TPSA) is 40.5 Å². The van der Waals surface area contributed by atoms with Crippen LogP contribution < -0.4 is 0 Å². The van der Waals surface area contributed by atoms with Crippen molar-refractivity contribution >= 4 is 28.5 Å². The fourth-order valence-electron chi connectivity index (χ4n) is 0.838. The molecule has 1 aliphatic rings. The Labute approximate surface area is 72.8 Å². The number of aliphatic hydroxyl groups excluding tert-OH is 1. The fourth-order valence-corrected chi connectivity index (χ4v) is 1.50. The zero-order valence-corrected chi connectivity index (χ0v) is 7.92. The molecule has 1 atom stereocenters. The van der Waals surface area contributed by atoms with Gasteiger partial charge in [-0.2, -0.15) is 0 Å². The van der Waals surface area contributed by atoms with Gasteiger partial charge < -0.3 is 10.0 Å². The molecule has 1 aliphatic heterocycles. The summed E-state index contributed by atoms with van der Waals surface area (Å²) >= 11 is 1.94. The minimum atomic E-state index is -0.709. The first-order valence-electron chi connectivity index (χ1n) is 2.87. The number of hydrogen-bond acceptors (Lipinski definition) is 2. The van der Waals surface area contributed by atoms with E-state index in [4.69, 9.17) is 0 Å². The first-order valence-corrected chi connectivity index (χ1v) is 3.95. The molecule has 3 nitrogen and oxygen atoms in total. The second-order valence-electron chi connectivity index (χ2n) is 2.29. The maximum Gasteiger partial charge on any atom is 0.262 e. The summed E-state index contributed by atoms with van der Waals surface area (Å²) in [6, 6.07) is 0. The number of likely N-dealkylation sites (N-methyl/N-ethyl adjacent to an activating group) is 1. The summed E-state index contributed by atoms with van der Waals surface area (Å²) in [5, 5.41) is 9.25. The lowest BCUT2D eigenvalue weighted by Crippen LogP contribution is -2.30. The van der Waals surface area contributed by atoms with Gasteiger partial charge in [0.1, 0.15) is 0 Å². The lowest BCUT2D eigenvalue weighted by molar-refractivity contribution is -0.129. The highest BCUT2D eigenvalue weighted by Crippen LogP contribution is 2.26. The predicted octanol–water partition coefficient (Wildman–Crippen LogP) is 0.486. The van der Waals surface area contributed by atoms with Gasteiger partial charge >= 0.3 is 0 Å². The van der Waals surface area contributed by atoms with Crippen molar-refractivity contribution in [3.05, 3.63) is 9.15 Å². The van der Waals surface area contributed by atoms with Crippen molar-refractivity contribution in [1.82, 2.24) is 4.90 Å². The fraction of sp³-hybridized carbons (Fsp3) is 0.500. The van der Waals surface area contributed by atoms with Crippen molar-refractivity contribution in [3.8, 4) is 0 Å². The van der Waals surface area contributed by atoms with Crippen LogP contribution in [-0.2, 0) is 4.79 Å². The Bertz CT molecular complexity index is 212. The molecule has 0 bridgehead atoms. The minimum absolute atomic E-state index is 0.0920. The molecular weight excluding hydrogens is 245 g/mol. The third-order valence-corrected chi connectivity index (χ3v) is 2.92. The van der Waals surface area contributed by atoms with Gasteiger partial charge in [-0.3, -0.25) is 4.79 Å². The van der Waals surface area contributed by atoms with Gasteiger partial charge in [0, 0.05) is 7.05 Å². The summed E-state index contributed by atoms with van der Waals surface area (Å²) in [6.07, 6.45) is -0.709. The zero-order chi connectivity index (χ0) is 7.89. The van der Waals surface area contributed by atoms with Crippen molar-refractivity contribution in [2.24, 2.45) is 0 Å². The van der Waals surface area contributed by atoms with Crippen molar-refractivity contribution in [1.29, 1.82) is 0 Å². The van der Waals surface area contributed by atoms with Gasteiger partial charge in [-0.1, -0.05) is 0 Å². The van der Waals surface area contributed by atoms with Crippen molar-refractivity contribution < 1.29 is 9.90 Å². The monoisotopic (exact) mass is 253 g/mol. The van der Waals surface area contributed by atoms with Gasteiger partial charge in [0.25, 0.3) is 5.91 Å². The lowest BCUT2D eigenvalue weighted by atomic mass is 10.3. The number of nitrogens with zero attached hydrogens (tertiary/aromatic N) is 1. The van der Waals surface area contributed by atoms with Crippen LogP contribution in [0, 0.1) is 0 Å². The number of carbonyl (C=O) groups excluding carboxylic acids is 1. The van der Waals surface area contributed by atoms with E-state index in [9.17, 15) is 9.90 Å². The molecule has 1 heterocycles. The van der Waals surface area contributed by atoms with Crippen LogP contribution in [0.4, 0.5) is 0 Å². The van der Waals surface area contributed by atoms with E-state index in [0.29, 0.717) is 3.58 Å². The SMILES string of the molecule is CC1=C(I)C(=O)N(C)C1O. The molecular formula is C6H8INO2. The highest BCUT2D eigenvalue weighted by atomic mass is 127. The number of amides is 1. The van der Waals surface area contributed by atoms with Crippen LogP contribution >= 0.6 is 22.6 Å². The summed E-state index contributed by atoms with van der Waals surface area (Å²) in [5.74, 6) is -0.0920. The van der Waals surface area contributed by atoms with Crippen LogP contribution in [0.5, 0.6) is 0 Å². The lowest BCUT2D eigenvalue weighted by Gasteiger charge is -2.14. The van der Waals surface area contributed by atoms with E-state index >= 15 is 0 Å². The highest BCUT2D eigenvalue weighted by Gasteiger charge is 2.30. The van der Waals surface area contributed by atoms with Crippen LogP contribution in [0.25, 0.3) is 0 Å². The smallest absolute Gasteiger partial charge is 0.262 e. The van der Waals surface area contributed by atoms with Crippen LogP contribution in [0.15, 0.2) is 9.15 Å². The molecule has 1 N–H and O–H groups in total. The Kier molecular flexibility index (Phi) is 2.00. The molecule has 56 valence electrons. The second-order valence-corrected chi connectivity index (χ2v) is 3.37. The average molecular weight is 253 g/mol. The van der Waals surface area contributed by atoms with Crippen molar-refractivity contribution in [2.45, 2.75) is 13.2 Å². The molecule has 0 aromatic rings. The summed E-state index contributed by atoms with van der Waals surface area (Å²) in [6.45, 7) is 1.76. The molecule has 0 saturated carbocycles. The largest absolute Gasteiger partial charge is 0.369 e. The molecule has 0 spiro atoms. The van der Waals surface area contributed by atoms with Crippen LogP contribution in [-0.4, -0.2) is 29.2 Å². The summed E-state index contributed by atoms with van der Waals surface area (Å²) in [5.41, 5.74) is 0.744. The Morgan fingerprint density at radius 3 is 2.30 bits per heavy atom. The van der Waals surface area contributed by atoms with Gasteiger partial charge in [0.2, 0.25) is 0 Å². The van der Waals surface area contributed by atoms with Gasteiger partial charge in [-0.15, -0.1) is 0 Å². The maximum atomic E-state index is 11.0. The normalized spacial score (nSPS) is 26.6. The molecule has 0 saturated heterocycles. The van der Waals surface area contributed by atoms with Gasteiger partial charge in [-0.25, -0.2) is 0 Å². The molecule has 1 rings (SSSR count). The first kappa shape index (κ1) is 8.00. The van der Waals surface area contributed by atoms with E-state index in [2.05, 4.69) is 0 Å². The molecule has 0 aromatic heterocycles. The Morgan fingerprint density at radius 2 is 2.20 bits per heavy atom. The number of halogens is 1.